The van der Waals surface area contributed by atoms with E-state index in [0.29, 0.717) is 23.5 Å². The highest BCUT2D eigenvalue weighted by Gasteiger charge is 2.59. The molecule has 0 bridgehead atoms. The first-order chi connectivity index (χ1) is 12.9. The minimum atomic E-state index is 0.222. The molecule has 3 saturated carbocycles. The molecule has 1 aliphatic heterocycles. The number of rotatable bonds is 5. The van der Waals surface area contributed by atoms with Gasteiger partial charge in [0.1, 0.15) is 20.9 Å². The normalized spacial score (nSPS) is 45.0. The second kappa shape index (κ2) is 8.11. The maximum atomic E-state index is 13.0. The molecule has 0 N–H and O–H groups in total. The van der Waals surface area contributed by atoms with Gasteiger partial charge in [-0.3, -0.25) is 4.79 Å². The Labute approximate surface area is 174 Å². The van der Waals surface area contributed by atoms with Crippen LogP contribution in [0.1, 0.15) is 78.1 Å². The van der Waals surface area contributed by atoms with Gasteiger partial charge in [-0.25, -0.2) is 0 Å². The molecule has 0 aromatic heterocycles. The Morgan fingerprint density at radius 2 is 1.89 bits per heavy atom. The zero-order valence-corrected chi connectivity index (χ0v) is 18.9. The Balaban J connectivity index is 1.46. The van der Waals surface area contributed by atoms with Crippen molar-refractivity contribution >= 4 is 33.5 Å². The Morgan fingerprint density at radius 3 is 2.67 bits per heavy atom. The first kappa shape index (κ1) is 20.4. The lowest BCUT2D eigenvalue weighted by atomic mass is 9.39. The third kappa shape index (κ3) is 3.71. The lowest BCUT2D eigenvalue weighted by Gasteiger charge is -2.55. The van der Waals surface area contributed by atoms with Crippen molar-refractivity contribution in [3.05, 3.63) is 0 Å². The van der Waals surface area contributed by atoms with Crippen molar-refractivity contribution in [3.8, 4) is 0 Å². The molecule has 0 spiro atoms. The van der Waals surface area contributed by atoms with E-state index in [4.69, 9.17) is 12.6 Å². The fourth-order valence-electron chi connectivity index (χ4n) is 8.11. The molecule has 1 nitrogen and oxygen atoms in total. The number of ketones is 1. The molecule has 4 heteroatoms. The molecule has 0 aromatic carbocycles. The molecule has 4 fully saturated rings. The fraction of sp³-hybridized carbons (Fsp3) is 0.957. The van der Waals surface area contributed by atoms with Crippen molar-refractivity contribution in [3.63, 3.8) is 0 Å². The van der Waals surface area contributed by atoms with Gasteiger partial charge in [-0.2, -0.15) is 12.6 Å². The second-order valence-corrected chi connectivity index (χ2v) is 12.0. The highest BCUT2D eigenvalue weighted by Crippen LogP contribution is 2.61. The molecular weight excluding hydrogens is 346 g/mol. The molecular formula is C23H40B2OS. The van der Waals surface area contributed by atoms with Crippen LogP contribution in [0.4, 0.5) is 0 Å². The summed E-state index contributed by atoms with van der Waals surface area (Å²) < 4.78 is 0.222. The van der Waals surface area contributed by atoms with Crippen LogP contribution in [0.3, 0.4) is 0 Å². The van der Waals surface area contributed by atoms with Gasteiger partial charge in [-0.1, -0.05) is 58.1 Å². The fourth-order valence-corrected chi connectivity index (χ4v) is 8.94. The third-order valence-electron chi connectivity index (χ3n) is 9.37. The molecule has 4 aliphatic rings. The third-order valence-corrected chi connectivity index (χ3v) is 10.3. The van der Waals surface area contributed by atoms with Gasteiger partial charge >= 0.3 is 0 Å². The van der Waals surface area contributed by atoms with Gasteiger partial charge < -0.3 is 0 Å². The van der Waals surface area contributed by atoms with E-state index in [1.54, 1.807) is 0 Å². The maximum Gasteiger partial charge on any atom is 0.141 e. The Hall–Kier alpha value is 0.150. The van der Waals surface area contributed by atoms with E-state index < -0.39 is 0 Å². The number of carbonyl (C=O) groups is 1. The highest BCUT2D eigenvalue weighted by molar-refractivity contribution is 7.83. The summed E-state index contributed by atoms with van der Waals surface area (Å²) >= 11 is 5.46. The predicted octanol–water partition coefficient (Wildman–Crippen LogP) is 4.77. The summed E-state index contributed by atoms with van der Waals surface area (Å²) in [6.45, 7) is 4.69. The van der Waals surface area contributed by atoms with Gasteiger partial charge in [0.15, 0.2) is 0 Å². The molecule has 0 aromatic rings. The van der Waals surface area contributed by atoms with Gasteiger partial charge in [0.2, 0.25) is 0 Å². The molecule has 0 amide bonds. The Bertz CT molecular complexity index is 552. The van der Waals surface area contributed by atoms with E-state index in [1.165, 1.54) is 71.4 Å². The molecule has 8 atom stereocenters. The SMILES string of the molecule is BC(CCCC(C)C)C1CCC2C3CC(=O)C4CCCCC4C3CBC12S. The van der Waals surface area contributed by atoms with Gasteiger partial charge in [-0.15, -0.1) is 0 Å². The standard InChI is InChI=1S/C23H40B2OS/c1-14(2)6-5-9-21(24)20-11-10-19-17-12-22(26)16-8-4-3-7-15(16)18(17)13-25-23(19,20)27/h14-21,25,27H,3-13,24H2,1-2H3. The molecule has 150 valence electrons. The van der Waals surface area contributed by atoms with Crippen molar-refractivity contribution in [2.75, 3.05) is 0 Å². The summed E-state index contributed by atoms with van der Waals surface area (Å²) in [4.78, 5) is 13.0. The van der Waals surface area contributed by atoms with Crippen molar-refractivity contribution in [1.29, 1.82) is 0 Å². The van der Waals surface area contributed by atoms with Crippen LogP contribution < -0.4 is 0 Å². The minimum Gasteiger partial charge on any atom is -0.299 e. The summed E-state index contributed by atoms with van der Waals surface area (Å²) in [7, 11) is 3.82. The van der Waals surface area contributed by atoms with E-state index in [9.17, 15) is 4.79 Å². The molecule has 27 heavy (non-hydrogen) atoms. The Morgan fingerprint density at radius 1 is 1.11 bits per heavy atom. The molecule has 3 aliphatic carbocycles. The summed E-state index contributed by atoms with van der Waals surface area (Å²) in [5.41, 5.74) is 0. The number of carbonyl (C=O) groups excluding carboxylic acids is 1. The van der Waals surface area contributed by atoms with Crippen LogP contribution in [0.25, 0.3) is 0 Å². The van der Waals surface area contributed by atoms with Crippen LogP contribution >= 0.6 is 12.6 Å². The zero-order valence-electron chi connectivity index (χ0n) is 18.0. The Kier molecular flexibility index (Phi) is 6.14. The first-order valence-corrected chi connectivity index (χ1v) is 12.6. The summed E-state index contributed by atoms with van der Waals surface area (Å²) in [5, 5.41) is 0. The average molecular weight is 386 g/mol. The predicted molar refractivity (Wildman–Crippen MR) is 123 cm³/mol. The zero-order chi connectivity index (χ0) is 19.2. The van der Waals surface area contributed by atoms with Crippen molar-refractivity contribution < 1.29 is 4.79 Å². The topological polar surface area (TPSA) is 17.1 Å². The summed E-state index contributed by atoms with van der Waals surface area (Å²) in [5.74, 6) is 6.40. The molecule has 1 heterocycles. The molecule has 1 saturated heterocycles. The number of Topliss-reactive ketones (excluding diaryl/α,β-unsaturated/α-hetero) is 1. The monoisotopic (exact) mass is 386 g/mol. The van der Waals surface area contributed by atoms with Crippen LogP contribution in [0.5, 0.6) is 0 Å². The van der Waals surface area contributed by atoms with E-state index in [-0.39, 0.29) is 4.65 Å². The second-order valence-electron chi connectivity index (χ2n) is 11.2. The first-order valence-electron chi connectivity index (χ1n) is 12.2. The maximum absolute atomic E-state index is 13.0. The average Bonchev–Trinajstić information content (AvgIpc) is 2.99. The van der Waals surface area contributed by atoms with Crippen LogP contribution in [0, 0.1) is 41.4 Å². The van der Waals surface area contributed by atoms with E-state index in [0.717, 1.165) is 35.9 Å². The van der Waals surface area contributed by atoms with E-state index in [2.05, 4.69) is 21.7 Å². The van der Waals surface area contributed by atoms with Crippen molar-refractivity contribution in [2.45, 2.75) is 94.8 Å². The van der Waals surface area contributed by atoms with E-state index >= 15 is 0 Å². The quantitative estimate of drug-likeness (QED) is 0.532. The number of hydrogen-bond donors (Lipinski definition) is 1. The molecule has 8 unspecified atom stereocenters. The van der Waals surface area contributed by atoms with Gasteiger partial charge in [0.25, 0.3) is 0 Å². The number of fused-ring (bicyclic) bond motifs is 5. The van der Waals surface area contributed by atoms with Crippen molar-refractivity contribution in [1.82, 2.24) is 0 Å². The number of thiol groups is 1. The van der Waals surface area contributed by atoms with E-state index in [1.807, 2.05) is 0 Å². The molecule has 0 radical (unpaired) electrons. The smallest absolute Gasteiger partial charge is 0.141 e. The lowest BCUT2D eigenvalue weighted by molar-refractivity contribution is -0.134. The van der Waals surface area contributed by atoms with Crippen molar-refractivity contribution in [2.24, 2.45) is 41.4 Å². The van der Waals surface area contributed by atoms with Crippen LogP contribution in [-0.4, -0.2) is 25.6 Å². The lowest BCUT2D eigenvalue weighted by Crippen LogP contribution is -2.56. The van der Waals surface area contributed by atoms with Crippen LogP contribution in [0.15, 0.2) is 0 Å². The van der Waals surface area contributed by atoms with Gasteiger partial charge in [-0.05, 0) is 65.8 Å². The minimum absolute atomic E-state index is 0.222. The summed E-state index contributed by atoms with van der Waals surface area (Å²) in [6, 6.07) is 0. The molecule has 4 rings (SSSR count). The highest BCUT2D eigenvalue weighted by atomic mass is 32.1. The van der Waals surface area contributed by atoms with Crippen LogP contribution in [0.2, 0.25) is 12.1 Å². The van der Waals surface area contributed by atoms with Gasteiger partial charge in [0.05, 0.1) is 0 Å². The largest absolute Gasteiger partial charge is 0.299 e. The van der Waals surface area contributed by atoms with Gasteiger partial charge in [0, 0.05) is 12.3 Å². The number of hydrogen-bond acceptors (Lipinski definition) is 2. The van der Waals surface area contributed by atoms with Crippen LogP contribution in [-0.2, 0) is 4.79 Å². The summed E-state index contributed by atoms with van der Waals surface area (Å²) in [6.07, 6.45) is 14.2.